The Hall–Kier alpha value is -1.11. The first-order valence-corrected chi connectivity index (χ1v) is 7.00. The van der Waals surface area contributed by atoms with Gasteiger partial charge in [0.25, 0.3) is 0 Å². The van der Waals surface area contributed by atoms with E-state index in [0.717, 1.165) is 20.0 Å². The molecular weight excluding hydrogens is 336 g/mol. The fourth-order valence-electron chi connectivity index (χ4n) is 1.45. The summed E-state index contributed by atoms with van der Waals surface area (Å²) < 4.78 is 0.951. The molecule has 18 heavy (non-hydrogen) atoms. The Morgan fingerprint density at radius 3 is 3.00 bits per heavy atom. The molecule has 1 aromatic carbocycles. The first-order valence-electron chi connectivity index (χ1n) is 5.01. The van der Waals surface area contributed by atoms with Crippen molar-refractivity contribution in [1.82, 2.24) is 19.9 Å². The van der Waals surface area contributed by atoms with Crippen LogP contribution in [0.3, 0.4) is 0 Å². The molecule has 0 atom stereocenters. The second-order valence-corrected chi connectivity index (χ2v) is 5.83. The van der Waals surface area contributed by atoms with E-state index in [2.05, 4.69) is 35.9 Å². The van der Waals surface area contributed by atoms with Crippen LogP contribution in [0.4, 0.5) is 0 Å². The third-order valence-corrected chi connectivity index (χ3v) is 4.12. The maximum Gasteiger partial charge on any atom is 0.181 e. The topological polar surface area (TPSA) is 54.5 Å². The van der Waals surface area contributed by atoms with Crippen LogP contribution in [0.5, 0.6) is 0 Å². The highest BCUT2D eigenvalue weighted by Gasteiger charge is 2.08. The van der Waals surface area contributed by atoms with Crippen LogP contribution in [-0.2, 0) is 0 Å². The second-order valence-electron chi connectivity index (χ2n) is 3.48. The van der Waals surface area contributed by atoms with Gasteiger partial charge in [-0.3, -0.25) is 0 Å². The van der Waals surface area contributed by atoms with Crippen LogP contribution >= 0.6 is 39.3 Å². The smallest absolute Gasteiger partial charge is 0.181 e. The summed E-state index contributed by atoms with van der Waals surface area (Å²) in [7, 11) is 0. The van der Waals surface area contributed by atoms with E-state index in [9.17, 15) is 0 Å². The fraction of sp³-hybridized carbons (Fsp3) is 0. The van der Waals surface area contributed by atoms with Gasteiger partial charge in [0.05, 0.1) is 11.2 Å². The first kappa shape index (κ1) is 12.0. The zero-order valence-electron chi connectivity index (χ0n) is 8.89. The Kier molecular flexibility index (Phi) is 3.23. The molecule has 0 aliphatic carbocycles. The maximum absolute atomic E-state index is 6.16. The molecule has 0 radical (unpaired) electrons. The Morgan fingerprint density at radius 1 is 1.33 bits per heavy atom. The van der Waals surface area contributed by atoms with Gasteiger partial charge in [0.15, 0.2) is 10.8 Å². The average molecular weight is 342 g/mol. The Morgan fingerprint density at radius 2 is 2.22 bits per heavy atom. The number of halogens is 2. The molecular formula is C11H6BrClN4S. The lowest BCUT2D eigenvalue weighted by Gasteiger charge is -2.01. The van der Waals surface area contributed by atoms with Crippen LogP contribution in [0.1, 0.15) is 0 Å². The molecule has 0 amide bonds. The van der Waals surface area contributed by atoms with E-state index < -0.39 is 0 Å². The Balaban J connectivity index is 1.96. The van der Waals surface area contributed by atoms with E-state index in [1.54, 1.807) is 6.20 Å². The van der Waals surface area contributed by atoms with E-state index >= 15 is 0 Å². The Bertz CT molecular complexity index is 682. The molecule has 0 unspecified atom stereocenters. The SMILES string of the molecule is Clc1cc(Br)ccc1Sc1nc2ncncc2[nH]1. The van der Waals surface area contributed by atoms with Gasteiger partial charge in [0, 0.05) is 9.37 Å². The van der Waals surface area contributed by atoms with E-state index in [0.29, 0.717) is 10.7 Å². The highest BCUT2D eigenvalue weighted by molar-refractivity contribution is 9.10. The summed E-state index contributed by atoms with van der Waals surface area (Å²) in [5.74, 6) is 0. The summed E-state index contributed by atoms with van der Waals surface area (Å²) in [6.07, 6.45) is 3.17. The van der Waals surface area contributed by atoms with Crippen molar-refractivity contribution in [2.24, 2.45) is 0 Å². The lowest BCUT2D eigenvalue weighted by molar-refractivity contribution is 1.07. The molecule has 0 bridgehead atoms. The molecule has 3 aromatic rings. The fourth-order valence-corrected chi connectivity index (χ4v) is 3.03. The third-order valence-electron chi connectivity index (χ3n) is 2.24. The van der Waals surface area contributed by atoms with Crippen LogP contribution in [0.25, 0.3) is 11.2 Å². The van der Waals surface area contributed by atoms with Gasteiger partial charge in [-0.05, 0) is 18.2 Å². The predicted octanol–water partition coefficient (Wildman–Crippen LogP) is 3.92. The highest BCUT2D eigenvalue weighted by atomic mass is 79.9. The van der Waals surface area contributed by atoms with Crippen molar-refractivity contribution in [3.63, 3.8) is 0 Å². The molecule has 2 heterocycles. The van der Waals surface area contributed by atoms with Gasteiger partial charge in [-0.25, -0.2) is 15.0 Å². The van der Waals surface area contributed by atoms with E-state index in [4.69, 9.17) is 11.6 Å². The summed E-state index contributed by atoms with van der Waals surface area (Å²) >= 11 is 11.0. The number of hydrogen-bond donors (Lipinski definition) is 1. The van der Waals surface area contributed by atoms with Crippen LogP contribution < -0.4 is 0 Å². The molecule has 4 nitrogen and oxygen atoms in total. The lowest BCUT2D eigenvalue weighted by Crippen LogP contribution is -1.78. The van der Waals surface area contributed by atoms with Crippen LogP contribution in [0, 0.1) is 0 Å². The molecule has 3 rings (SSSR count). The summed E-state index contributed by atoms with van der Waals surface area (Å²) in [6.45, 7) is 0. The first-order chi connectivity index (χ1) is 8.72. The minimum Gasteiger partial charge on any atom is -0.330 e. The third kappa shape index (κ3) is 2.36. The second kappa shape index (κ2) is 4.87. The monoisotopic (exact) mass is 340 g/mol. The van der Waals surface area contributed by atoms with Gasteiger partial charge < -0.3 is 4.98 Å². The number of aromatic nitrogens is 4. The largest absolute Gasteiger partial charge is 0.330 e. The number of nitrogens with zero attached hydrogens (tertiary/aromatic N) is 3. The molecule has 1 N–H and O–H groups in total. The van der Waals surface area contributed by atoms with E-state index in [1.807, 2.05) is 18.2 Å². The van der Waals surface area contributed by atoms with Gasteiger partial charge in [-0.2, -0.15) is 0 Å². The van der Waals surface area contributed by atoms with Gasteiger partial charge >= 0.3 is 0 Å². The molecule has 0 spiro atoms. The van der Waals surface area contributed by atoms with Gasteiger partial charge in [0.1, 0.15) is 11.8 Å². The minimum atomic E-state index is 0.653. The standard InChI is InChI=1S/C11H6BrClN4S/c12-6-1-2-9(7(13)3-6)18-11-16-8-4-14-5-15-10(8)17-11/h1-5H,(H,14,15,16,17). The van der Waals surface area contributed by atoms with Crippen molar-refractivity contribution in [2.45, 2.75) is 10.1 Å². The van der Waals surface area contributed by atoms with Gasteiger partial charge in [-0.1, -0.05) is 39.3 Å². The average Bonchev–Trinajstić information content (AvgIpc) is 2.75. The number of nitrogens with one attached hydrogen (secondary N) is 1. The quantitative estimate of drug-likeness (QED) is 0.767. The molecule has 0 aliphatic rings. The highest BCUT2D eigenvalue weighted by Crippen LogP contribution is 2.33. The van der Waals surface area contributed by atoms with Crippen molar-refractivity contribution in [3.8, 4) is 0 Å². The zero-order valence-corrected chi connectivity index (χ0v) is 12.1. The van der Waals surface area contributed by atoms with E-state index in [-0.39, 0.29) is 0 Å². The van der Waals surface area contributed by atoms with E-state index in [1.165, 1.54) is 18.1 Å². The molecule has 0 aliphatic heterocycles. The maximum atomic E-state index is 6.16. The van der Waals surface area contributed by atoms with Crippen molar-refractivity contribution in [2.75, 3.05) is 0 Å². The molecule has 0 fully saturated rings. The molecule has 90 valence electrons. The Labute approximate surface area is 120 Å². The lowest BCUT2D eigenvalue weighted by atomic mass is 10.4. The summed E-state index contributed by atoms with van der Waals surface area (Å²) in [5, 5.41) is 1.43. The van der Waals surface area contributed by atoms with Gasteiger partial charge in [0.2, 0.25) is 0 Å². The number of rotatable bonds is 2. The zero-order chi connectivity index (χ0) is 12.5. The van der Waals surface area contributed by atoms with Crippen molar-refractivity contribution in [1.29, 1.82) is 0 Å². The molecule has 7 heteroatoms. The van der Waals surface area contributed by atoms with Crippen molar-refractivity contribution >= 4 is 50.5 Å². The number of H-pyrrole nitrogens is 1. The van der Waals surface area contributed by atoms with Crippen LogP contribution in [0.15, 0.2) is 45.2 Å². The van der Waals surface area contributed by atoms with Crippen LogP contribution in [0.2, 0.25) is 5.02 Å². The van der Waals surface area contributed by atoms with Crippen molar-refractivity contribution < 1.29 is 0 Å². The number of fused-ring (bicyclic) bond motifs is 1. The molecule has 0 saturated heterocycles. The minimum absolute atomic E-state index is 0.653. The summed E-state index contributed by atoms with van der Waals surface area (Å²) in [4.78, 5) is 16.4. The summed E-state index contributed by atoms with van der Waals surface area (Å²) in [5.41, 5.74) is 1.47. The summed E-state index contributed by atoms with van der Waals surface area (Å²) in [6, 6.07) is 5.74. The molecule has 2 aromatic heterocycles. The molecule has 0 saturated carbocycles. The predicted molar refractivity (Wildman–Crippen MR) is 75.0 cm³/mol. The number of benzene rings is 1. The van der Waals surface area contributed by atoms with Crippen LogP contribution in [-0.4, -0.2) is 19.9 Å². The van der Waals surface area contributed by atoms with Gasteiger partial charge in [-0.15, -0.1) is 0 Å². The number of imidazole rings is 1. The normalized spacial score (nSPS) is 11.0. The number of hydrogen-bond acceptors (Lipinski definition) is 4. The number of aromatic amines is 1. The van der Waals surface area contributed by atoms with Crippen molar-refractivity contribution in [3.05, 3.63) is 40.2 Å².